The van der Waals surface area contributed by atoms with Gasteiger partial charge in [-0.1, -0.05) is 0 Å². The van der Waals surface area contributed by atoms with Gasteiger partial charge in [0.2, 0.25) is 5.88 Å². The van der Waals surface area contributed by atoms with Gasteiger partial charge < -0.3 is 14.8 Å². The van der Waals surface area contributed by atoms with E-state index in [0.29, 0.717) is 42.6 Å². The van der Waals surface area contributed by atoms with Gasteiger partial charge in [-0.2, -0.15) is 0 Å². The molecule has 0 aliphatic carbocycles. The lowest BCUT2D eigenvalue weighted by Crippen LogP contribution is -2.23. The van der Waals surface area contributed by atoms with Crippen LogP contribution in [0.2, 0.25) is 0 Å². The van der Waals surface area contributed by atoms with Gasteiger partial charge in [-0.15, -0.1) is 0 Å². The number of benzene rings is 2. The molecule has 0 atom stereocenters. The average molecular weight is 456 g/mol. The van der Waals surface area contributed by atoms with E-state index >= 15 is 0 Å². The van der Waals surface area contributed by atoms with Gasteiger partial charge in [0.05, 0.1) is 18.1 Å². The van der Waals surface area contributed by atoms with Crippen LogP contribution < -0.4 is 19.5 Å². The van der Waals surface area contributed by atoms with Crippen molar-refractivity contribution in [3.05, 3.63) is 78.0 Å². The molecule has 2 N–H and O–H groups in total. The van der Waals surface area contributed by atoms with Gasteiger partial charge in [-0.25, -0.2) is 13.4 Å². The third-order valence-electron chi connectivity index (χ3n) is 4.39. The zero-order valence-corrected chi connectivity index (χ0v) is 18.7. The van der Waals surface area contributed by atoms with Crippen molar-refractivity contribution in [2.24, 2.45) is 0 Å². The fourth-order valence-electron chi connectivity index (χ4n) is 2.86. The summed E-state index contributed by atoms with van der Waals surface area (Å²) in [5, 5.41) is 2.80. The summed E-state index contributed by atoms with van der Waals surface area (Å²) in [6.07, 6.45) is 1.61. The molecule has 0 bridgehead atoms. The molecule has 1 aromatic heterocycles. The van der Waals surface area contributed by atoms with Gasteiger partial charge in [0, 0.05) is 30.1 Å². The summed E-state index contributed by atoms with van der Waals surface area (Å²) in [5.74, 6) is 0.837. The third-order valence-corrected chi connectivity index (χ3v) is 5.79. The molecule has 8 nitrogen and oxygen atoms in total. The quantitative estimate of drug-likeness (QED) is 0.484. The Balaban J connectivity index is 1.61. The predicted octanol–water partition coefficient (Wildman–Crippen LogP) is 3.61. The van der Waals surface area contributed by atoms with E-state index in [1.165, 1.54) is 24.3 Å². The molecule has 0 unspecified atom stereocenters. The summed E-state index contributed by atoms with van der Waals surface area (Å²) >= 11 is 0. The van der Waals surface area contributed by atoms with Crippen LogP contribution in [0, 0.1) is 0 Å². The van der Waals surface area contributed by atoms with Gasteiger partial charge >= 0.3 is 0 Å². The first-order chi connectivity index (χ1) is 15.4. The summed E-state index contributed by atoms with van der Waals surface area (Å²) in [4.78, 5) is 16.6. The molecule has 32 heavy (non-hydrogen) atoms. The van der Waals surface area contributed by atoms with Crippen LogP contribution in [0.15, 0.2) is 71.8 Å². The number of anilines is 1. The number of rotatable bonds is 10. The lowest BCUT2D eigenvalue weighted by Gasteiger charge is -2.10. The number of aromatic nitrogens is 1. The third kappa shape index (κ3) is 6.21. The zero-order chi connectivity index (χ0) is 23.0. The predicted molar refractivity (Wildman–Crippen MR) is 121 cm³/mol. The molecule has 9 heteroatoms. The minimum Gasteiger partial charge on any atom is -0.494 e. The first kappa shape index (κ1) is 23.1. The van der Waals surface area contributed by atoms with Crippen molar-refractivity contribution in [2.75, 3.05) is 17.9 Å². The summed E-state index contributed by atoms with van der Waals surface area (Å²) in [6.45, 7) is 5.07. The molecule has 1 heterocycles. The van der Waals surface area contributed by atoms with Gasteiger partial charge in [0.15, 0.2) is 0 Å². The average Bonchev–Trinajstić information content (AvgIpc) is 2.79. The van der Waals surface area contributed by atoms with E-state index in [1.807, 2.05) is 13.8 Å². The SMILES string of the molecule is CCOc1ccc(NS(=O)(=O)c2ccc(C(=O)NCc3ccnc(OCC)c3)cc2)cc1. The van der Waals surface area contributed by atoms with E-state index in [2.05, 4.69) is 15.0 Å². The Morgan fingerprint density at radius 3 is 2.28 bits per heavy atom. The van der Waals surface area contributed by atoms with E-state index in [-0.39, 0.29) is 10.8 Å². The first-order valence-electron chi connectivity index (χ1n) is 10.1. The van der Waals surface area contributed by atoms with Gasteiger partial charge in [-0.3, -0.25) is 9.52 Å². The molecule has 0 saturated heterocycles. The van der Waals surface area contributed by atoms with E-state index < -0.39 is 10.0 Å². The lowest BCUT2D eigenvalue weighted by atomic mass is 10.2. The Hall–Kier alpha value is -3.59. The Morgan fingerprint density at radius 2 is 1.62 bits per heavy atom. The first-order valence-corrected chi connectivity index (χ1v) is 11.6. The van der Waals surface area contributed by atoms with E-state index in [1.54, 1.807) is 42.6 Å². The largest absolute Gasteiger partial charge is 0.494 e. The fourth-order valence-corrected chi connectivity index (χ4v) is 3.92. The van der Waals surface area contributed by atoms with Crippen molar-refractivity contribution < 1.29 is 22.7 Å². The molecule has 2 aromatic carbocycles. The molecule has 0 aliphatic rings. The van der Waals surface area contributed by atoms with E-state index in [0.717, 1.165) is 5.56 Å². The lowest BCUT2D eigenvalue weighted by molar-refractivity contribution is 0.0950. The highest BCUT2D eigenvalue weighted by Crippen LogP contribution is 2.20. The molecule has 1 amide bonds. The molecular weight excluding hydrogens is 430 g/mol. The van der Waals surface area contributed by atoms with Crippen LogP contribution >= 0.6 is 0 Å². The summed E-state index contributed by atoms with van der Waals surface area (Å²) < 4.78 is 38.5. The number of carbonyl (C=O) groups excluding carboxylic acids is 1. The molecule has 0 radical (unpaired) electrons. The minimum atomic E-state index is -3.79. The highest BCUT2D eigenvalue weighted by atomic mass is 32.2. The van der Waals surface area contributed by atoms with Crippen LogP contribution in [0.3, 0.4) is 0 Å². The van der Waals surface area contributed by atoms with Gasteiger partial charge in [-0.05, 0) is 74.0 Å². The van der Waals surface area contributed by atoms with Crippen LogP contribution in [0.5, 0.6) is 11.6 Å². The molecule has 0 saturated carbocycles. The van der Waals surface area contributed by atoms with Crippen LogP contribution in [0.1, 0.15) is 29.8 Å². The van der Waals surface area contributed by atoms with Gasteiger partial charge in [0.1, 0.15) is 5.75 Å². The number of amides is 1. The standard InChI is InChI=1S/C23H25N3O5S/c1-3-30-20-9-7-19(8-10-20)26-32(28,29)21-11-5-18(6-12-21)23(27)25-16-17-13-14-24-22(15-17)31-4-2/h5-15,26H,3-4,16H2,1-2H3,(H,25,27). The molecule has 3 rings (SSSR count). The van der Waals surface area contributed by atoms with Crippen LogP contribution in [0.4, 0.5) is 5.69 Å². The van der Waals surface area contributed by atoms with Gasteiger partial charge in [0.25, 0.3) is 15.9 Å². The number of ether oxygens (including phenoxy) is 2. The Bertz CT molecular complexity index is 1150. The molecule has 3 aromatic rings. The van der Waals surface area contributed by atoms with Crippen LogP contribution in [-0.4, -0.2) is 32.5 Å². The smallest absolute Gasteiger partial charge is 0.261 e. The number of hydrogen-bond acceptors (Lipinski definition) is 6. The molecular formula is C23H25N3O5S. The number of carbonyl (C=O) groups is 1. The highest BCUT2D eigenvalue weighted by Gasteiger charge is 2.15. The van der Waals surface area contributed by atoms with Crippen molar-refractivity contribution in [2.45, 2.75) is 25.3 Å². The van der Waals surface area contributed by atoms with Crippen LogP contribution in [-0.2, 0) is 16.6 Å². The number of sulfonamides is 1. The second-order valence-corrected chi connectivity index (χ2v) is 8.39. The maximum absolute atomic E-state index is 12.6. The zero-order valence-electron chi connectivity index (χ0n) is 17.9. The number of nitrogens with one attached hydrogen (secondary N) is 2. The van der Waals surface area contributed by atoms with E-state index in [9.17, 15) is 13.2 Å². The minimum absolute atomic E-state index is 0.0541. The van der Waals surface area contributed by atoms with Crippen molar-refractivity contribution in [1.82, 2.24) is 10.3 Å². The Morgan fingerprint density at radius 1 is 0.938 bits per heavy atom. The number of pyridine rings is 1. The normalized spacial score (nSPS) is 10.9. The van der Waals surface area contributed by atoms with Crippen molar-refractivity contribution in [3.63, 3.8) is 0 Å². The number of hydrogen-bond donors (Lipinski definition) is 2. The second-order valence-electron chi connectivity index (χ2n) is 6.71. The maximum Gasteiger partial charge on any atom is 0.261 e. The summed E-state index contributed by atoms with van der Waals surface area (Å²) in [5.41, 5.74) is 1.61. The fraction of sp³-hybridized carbons (Fsp3) is 0.217. The maximum atomic E-state index is 12.6. The topological polar surface area (TPSA) is 107 Å². The molecule has 168 valence electrons. The Kier molecular flexibility index (Phi) is 7.67. The molecule has 0 aliphatic heterocycles. The van der Waals surface area contributed by atoms with Crippen molar-refractivity contribution in [3.8, 4) is 11.6 Å². The summed E-state index contributed by atoms with van der Waals surface area (Å²) in [6, 6.07) is 15.9. The molecule has 0 fully saturated rings. The summed E-state index contributed by atoms with van der Waals surface area (Å²) in [7, 11) is -3.79. The monoisotopic (exact) mass is 455 g/mol. The van der Waals surface area contributed by atoms with Crippen LogP contribution in [0.25, 0.3) is 0 Å². The highest BCUT2D eigenvalue weighted by molar-refractivity contribution is 7.92. The Labute approximate surface area is 187 Å². The number of nitrogens with zero attached hydrogens (tertiary/aromatic N) is 1. The van der Waals surface area contributed by atoms with E-state index in [4.69, 9.17) is 9.47 Å². The van der Waals surface area contributed by atoms with Crippen molar-refractivity contribution >= 4 is 21.6 Å². The van der Waals surface area contributed by atoms with Crippen molar-refractivity contribution in [1.29, 1.82) is 0 Å². The second kappa shape index (κ2) is 10.6. The molecule has 0 spiro atoms.